The molecular formula is C22H23N5O3S. The Kier molecular flexibility index (Phi) is 5.69. The number of anilines is 1. The highest BCUT2D eigenvalue weighted by Crippen LogP contribution is 2.35. The second kappa shape index (κ2) is 8.43. The average Bonchev–Trinajstić information content (AvgIpc) is 3.12. The number of carbonyl (C=O) groups is 3. The van der Waals surface area contributed by atoms with Gasteiger partial charge in [-0.05, 0) is 49.4 Å². The molecule has 9 heteroatoms. The van der Waals surface area contributed by atoms with E-state index in [1.807, 2.05) is 25.1 Å². The number of amides is 3. The van der Waals surface area contributed by atoms with E-state index in [9.17, 15) is 14.4 Å². The second-order valence-electron chi connectivity index (χ2n) is 7.90. The molecule has 31 heavy (non-hydrogen) atoms. The van der Waals surface area contributed by atoms with Gasteiger partial charge in [0.25, 0.3) is 0 Å². The molecule has 1 aromatic carbocycles. The van der Waals surface area contributed by atoms with Crippen LogP contribution in [0.4, 0.5) is 5.69 Å². The highest BCUT2D eigenvalue weighted by atomic mass is 32.1. The van der Waals surface area contributed by atoms with Crippen LogP contribution in [0.15, 0.2) is 36.7 Å². The fraction of sp³-hybridized carbons (Fsp3) is 0.318. The molecule has 0 saturated carbocycles. The molecule has 0 aliphatic carbocycles. The Labute approximate surface area is 183 Å². The molecule has 160 valence electrons. The van der Waals surface area contributed by atoms with Crippen LogP contribution < -0.4 is 11.1 Å². The monoisotopic (exact) mass is 437 g/mol. The van der Waals surface area contributed by atoms with Crippen molar-refractivity contribution in [3.05, 3.63) is 52.8 Å². The van der Waals surface area contributed by atoms with Crippen molar-refractivity contribution in [2.24, 2.45) is 11.7 Å². The first-order valence-electron chi connectivity index (χ1n) is 10.1. The summed E-state index contributed by atoms with van der Waals surface area (Å²) < 4.78 is 1.10. The number of thiazole rings is 1. The van der Waals surface area contributed by atoms with Gasteiger partial charge >= 0.3 is 11.8 Å². The van der Waals surface area contributed by atoms with Crippen molar-refractivity contribution in [2.75, 3.05) is 11.9 Å². The summed E-state index contributed by atoms with van der Waals surface area (Å²) in [5.41, 5.74) is 7.54. The van der Waals surface area contributed by atoms with Gasteiger partial charge in [0.15, 0.2) is 0 Å². The van der Waals surface area contributed by atoms with Gasteiger partial charge in [-0.3, -0.25) is 19.4 Å². The number of aromatic nitrogens is 2. The van der Waals surface area contributed by atoms with E-state index in [2.05, 4.69) is 22.2 Å². The molecule has 3 amide bonds. The minimum absolute atomic E-state index is 0.154. The number of fused-ring (bicyclic) bond motifs is 1. The number of rotatable bonds is 3. The molecule has 1 aliphatic heterocycles. The smallest absolute Gasteiger partial charge is 0.313 e. The molecule has 4 rings (SSSR count). The van der Waals surface area contributed by atoms with Crippen molar-refractivity contribution in [1.82, 2.24) is 14.9 Å². The van der Waals surface area contributed by atoms with Gasteiger partial charge in [0, 0.05) is 12.7 Å². The standard InChI is InChI=1S/C22H23N5O3S/c1-12-3-5-18(14-4-6-19-17(8-14)25-13(2)31-19)27(11-12)22(30)21(29)26-16-7-15(20(23)28)9-24-10-16/h4,6-10,12,18H,3,5,11H2,1-2H3,(H2,23,28)(H,26,29)/t12-,18?/m0/s1. The lowest BCUT2D eigenvalue weighted by Crippen LogP contribution is -2.46. The molecule has 1 unspecified atom stereocenters. The third-order valence-corrected chi connectivity index (χ3v) is 6.41. The van der Waals surface area contributed by atoms with E-state index < -0.39 is 17.7 Å². The molecule has 1 saturated heterocycles. The lowest BCUT2D eigenvalue weighted by molar-refractivity contribution is -0.146. The fourth-order valence-electron chi connectivity index (χ4n) is 3.95. The van der Waals surface area contributed by atoms with Gasteiger partial charge < -0.3 is 16.0 Å². The third-order valence-electron chi connectivity index (χ3n) is 5.46. The lowest BCUT2D eigenvalue weighted by atomic mass is 9.89. The van der Waals surface area contributed by atoms with Crippen LogP contribution >= 0.6 is 11.3 Å². The van der Waals surface area contributed by atoms with Crippen LogP contribution in [0.3, 0.4) is 0 Å². The van der Waals surface area contributed by atoms with E-state index in [-0.39, 0.29) is 23.2 Å². The summed E-state index contributed by atoms with van der Waals surface area (Å²) in [4.78, 5) is 47.3. The SMILES string of the molecule is Cc1nc2cc(C3CC[C@H](C)CN3C(=O)C(=O)Nc3cncc(C(N)=O)c3)ccc2s1. The summed E-state index contributed by atoms with van der Waals surface area (Å²) in [5, 5.41) is 3.53. The zero-order valence-corrected chi connectivity index (χ0v) is 18.1. The molecule has 8 nitrogen and oxygen atoms in total. The van der Waals surface area contributed by atoms with Crippen molar-refractivity contribution >= 4 is 45.0 Å². The number of nitrogens with zero attached hydrogens (tertiary/aromatic N) is 3. The highest BCUT2D eigenvalue weighted by Gasteiger charge is 2.34. The number of hydrogen-bond donors (Lipinski definition) is 2. The van der Waals surface area contributed by atoms with E-state index in [4.69, 9.17) is 5.73 Å². The minimum Gasteiger partial charge on any atom is -0.366 e. The summed E-state index contributed by atoms with van der Waals surface area (Å²) in [6.45, 7) is 4.53. The molecule has 0 radical (unpaired) electrons. The van der Waals surface area contributed by atoms with E-state index >= 15 is 0 Å². The summed E-state index contributed by atoms with van der Waals surface area (Å²) in [5.74, 6) is -1.76. The molecule has 2 aromatic heterocycles. The predicted molar refractivity (Wildman–Crippen MR) is 119 cm³/mol. The summed E-state index contributed by atoms with van der Waals surface area (Å²) >= 11 is 1.63. The number of piperidine rings is 1. The van der Waals surface area contributed by atoms with Gasteiger partial charge in [-0.25, -0.2) is 4.98 Å². The number of benzene rings is 1. The van der Waals surface area contributed by atoms with Crippen molar-refractivity contribution in [2.45, 2.75) is 32.7 Å². The number of aryl methyl sites for hydroxylation is 1. The molecule has 3 heterocycles. The van der Waals surface area contributed by atoms with Crippen LogP contribution in [0.1, 0.15) is 46.7 Å². The van der Waals surface area contributed by atoms with Gasteiger partial charge in [-0.1, -0.05) is 13.0 Å². The normalized spacial score (nSPS) is 18.7. The van der Waals surface area contributed by atoms with E-state index in [1.54, 1.807) is 16.2 Å². The van der Waals surface area contributed by atoms with Crippen LogP contribution in [0.5, 0.6) is 0 Å². The van der Waals surface area contributed by atoms with Crippen LogP contribution in [0, 0.1) is 12.8 Å². The zero-order chi connectivity index (χ0) is 22.1. The highest BCUT2D eigenvalue weighted by molar-refractivity contribution is 7.18. The summed E-state index contributed by atoms with van der Waals surface area (Å²) in [6, 6.07) is 7.25. The Balaban J connectivity index is 1.57. The van der Waals surface area contributed by atoms with Gasteiger partial charge in [-0.2, -0.15) is 0 Å². The molecule has 1 aliphatic rings. The van der Waals surface area contributed by atoms with Gasteiger partial charge in [0.1, 0.15) is 0 Å². The maximum Gasteiger partial charge on any atom is 0.313 e. The summed E-state index contributed by atoms with van der Waals surface area (Å²) in [6.07, 6.45) is 4.41. The predicted octanol–water partition coefficient (Wildman–Crippen LogP) is 3.04. The zero-order valence-electron chi connectivity index (χ0n) is 17.3. The Morgan fingerprint density at radius 3 is 2.77 bits per heavy atom. The molecule has 2 atom stereocenters. The van der Waals surface area contributed by atoms with Crippen molar-refractivity contribution in [3.8, 4) is 0 Å². The third kappa shape index (κ3) is 4.41. The van der Waals surface area contributed by atoms with Crippen LogP contribution in [-0.4, -0.2) is 39.1 Å². The van der Waals surface area contributed by atoms with Gasteiger partial charge in [-0.15, -0.1) is 11.3 Å². The second-order valence-corrected chi connectivity index (χ2v) is 9.13. The molecular weight excluding hydrogens is 414 g/mol. The summed E-state index contributed by atoms with van der Waals surface area (Å²) in [7, 11) is 0. The van der Waals surface area contributed by atoms with Gasteiger partial charge in [0.05, 0.1) is 38.7 Å². The Morgan fingerprint density at radius 2 is 2.00 bits per heavy atom. The molecule has 3 aromatic rings. The first-order chi connectivity index (χ1) is 14.8. The largest absolute Gasteiger partial charge is 0.366 e. The van der Waals surface area contributed by atoms with E-state index in [0.717, 1.165) is 33.6 Å². The topological polar surface area (TPSA) is 118 Å². The maximum absolute atomic E-state index is 13.1. The fourth-order valence-corrected chi connectivity index (χ4v) is 4.76. The number of carbonyl (C=O) groups excluding carboxylic acids is 3. The Hall–Kier alpha value is -3.33. The van der Waals surface area contributed by atoms with Crippen molar-refractivity contribution in [1.29, 1.82) is 0 Å². The Morgan fingerprint density at radius 1 is 1.19 bits per heavy atom. The lowest BCUT2D eigenvalue weighted by Gasteiger charge is -2.38. The number of hydrogen-bond acceptors (Lipinski definition) is 6. The molecule has 0 spiro atoms. The number of primary amides is 1. The Bertz CT molecular complexity index is 1170. The van der Waals surface area contributed by atoms with Crippen LogP contribution in [0.2, 0.25) is 0 Å². The maximum atomic E-state index is 13.1. The van der Waals surface area contributed by atoms with Gasteiger partial charge in [0.2, 0.25) is 5.91 Å². The molecule has 3 N–H and O–H groups in total. The average molecular weight is 438 g/mol. The minimum atomic E-state index is -0.770. The first kappa shape index (κ1) is 20.9. The number of likely N-dealkylation sites (tertiary alicyclic amines) is 1. The number of pyridine rings is 1. The first-order valence-corrected chi connectivity index (χ1v) is 10.9. The van der Waals surface area contributed by atoms with Crippen molar-refractivity contribution in [3.63, 3.8) is 0 Å². The van der Waals surface area contributed by atoms with Crippen LogP contribution in [-0.2, 0) is 9.59 Å². The van der Waals surface area contributed by atoms with Crippen LogP contribution in [0.25, 0.3) is 10.2 Å². The quantitative estimate of drug-likeness (QED) is 0.611. The number of nitrogens with one attached hydrogen (secondary N) is 1. The molecule has 1 fully saturated rings. The molecule has 0 bridgehead atoms. The number of nitrogens with two attached hydrogens (primary N) is 1. The van der Waals surface area contributed by atoms with E-state index in [1.165, 1.54) is 18.5 Å². The van der Waals surface area contributed by atoms with E-state index in [0.29, 0.717) is 6.54 Å². The van der Waals surface area contributed by atoms with Crippen molar-refractivity contribution < 1.29 is 14.4 Å².